The van der Waals surface area contributed by atoms with E-state index in [0.717, 1.165) is 96.9 Å². The van der Waals surface area contributed by atoms with Crippen LogP contribution in [0.15, 0.2) is 0 Å². The minimum atomic E-state index is -0.639. The first-order chi connectivity index (χ1) is 60.1. The summed E-state index contributed by atoms with van der Waals surface area (Å²) in [5, 5.41) is 0. The molecular formula is C84H201B11O33. The molecule has 768 valence electrons. The summed E-state index contributed by atoms with van der Waals surface area (Å²) in [4.78, 5) is 0. The van der Waals surface area contributed by atoms with Gasteiger partial charge in [0.25, 0.3) is 0 Å². The summed E-state index contributed by atoms with van der Waals surface area (Å²) in [6, 6.07) is 0. The van der Waals surface area contributed by atoms with Crippen molar-refractivity contribution in [3.05, 3.63) is 0 Å². The Hall–Kier alpha value is -0.606. The van der Waals surface area contributed by atoms with Gasteiger partial charge >= 0.3 is 80.5 Å². The van der Waals surface area contributed by atoms with Crippen LogP contribution in [0.25, 0.3) is 0 Å². The van der Waals surface area contributed by atoms with Crippen molar-refractivity contribution >= 4 is 80.5 Å². The molecule has 0 saturated heterocycles. The van der Waals surface area contributed by atoms with E-state index >= 15 is 0 Å². The van der Waals surface area contributed by atoms with Crippen molar-refractivity contribution in [2.45, 2.75) is 380 Å². The third kappa shape index (κ3) is 136. The maximum atomic E-state index is 5.75. The summed E-state index contributed by atoms with van der Waals surface area (Å²) in [7, 11) is 12.5. The molecule has 0 radical (unpaired) electrons. The number of hydrogen-bond acceptors (Lipinski definition) is 33. The van der Waals surface area contributed by atoms with Crippen LogP contribution in [-0.4, -0.2) is 299 Å². The van der Waals surface area contributed by atoms with Crippen LogP contribution in [0, 0.1) is 17.8 Å². The van der Waals surface area contributed by atoms with E-state index in [-0.39, 0.29) is 53.4 Å². The Morgan fingerprint density at radius 3 is 0.516 bits per heavy atom. The van der Waals surface area contributed by atoms with Crippen LogP contribution in [0.3, 0.4) is 0 Å². The second-order valence-electron chi connectivity index (χ2n) is 33.1. The van der Waals surface area contributed by atoms with E-state index in [9.17, 15) is 0 Å². The molecule has 0 aliphatic carbocycles. The van der Waals surface area contributed by atoms with Gasteiger partial charge in [-0.1, -0.05) is 123 Å². The molecule has 3 atom stereocenters. The van der Waals surface area contributed by atoms with Crippen LogP contribution in [0.5, 0.6) is 0 Å². The standard InChI is InChI=1S/4C12H27BO3.2C9H21BO3.C6H15BO3.4C3H9BO3/c1-10(2)7-14-13(15-8-11(3)4)16-9-12(5)6;1-10(2,3)14-13(15-11(4,5)6)16-12(7,8)9;1-7-10(4)14-13(15-11(5)8-2)16-12(6)9-3;1-4-7-10-14-13(15-11-8-5-2)16-12-9-6-3;1-7(2)11-10(12-8(3)4)13-9(5)6;1-4-7-11-10(12-8-5-2)13-9-6-3;1-4-8-7(9-5-2)10-6-3;4*1-5-4(6-2)7-3/h10-12H,7-9H2,1-6H3;1-9H3;10-12H,7-9H2,1-6H3;4-12H2,1-3H3;7-9H,1-6H3;4-9H2,1-3H3;4-6H2,1-3H3;4*1-3H3. The summed E-state index contributed by atoms with van der Waals surface area (Å²) in [5.41, 5.74) is -0.872. The minimum absolute atomic E-state index is 0.113. The van der Waals surface area contributed by atoms with Crippen molar-refractivity contribution in [2.75, 3.05) is 165 Å². The van der Waals surface area contributed by atoms with Gasteiger partial charge in [-0.15, -0.1) is 0 Å². The van der Waals surface area contributed by atoms with Crippen molar-refractivity contribution in [3.63, 3.8) is 0 Å². The van der Waals surface area contributed by atoms with E-state index in [1.54, 1.807) is 0 Å². The zero-order chi connectivity index (χ0) is 101. The maximum absolute atomic E-state index is 5.75. The Kier molecular flexibility index (Phi) is 129. The minimum Gasteiger partial charge on any atom is -0.389 e. The summed E-state index contributed by atoms with van der Waals surface area (Å²) in [6.45, 7) is 81.1. The highest BCUT2D eigenvalue weighted by atomic mass is 16.8. The van der Waals surface area contributed by atoms with Crippen molar-refractivity contribution < 1.29 is 154 Å². The molecule has 0 bridgehead atoms. The van der Waals surface area contributed by atoms with E-state index in [1.165, 1.54) is 85.3 Å². The van der Waals surface area contributed by atoms with E-state index in [2.05, 4.69) is 160 Å². The average molecular weight is 1860 g/mol. The predicted octanol–water partition coefficient (Wildman–Crippen LogP) is 18.5. The summed E-state index contributed by atoms with van der Waals surface area (Å²) >= 11 is 0. The lowest BCUT2D eigenvalue weighted by Crippen LogP contribution is -2.44. The maximum Gasteiger partial charge on any atom is 0.640 e. The molecule has 0 aromatic heterocycles. The summed E-state index contributed by atoms with van der Waals surface area (Å²) in [5.74, 6) is 1.48. The molecule has 0 aliphatic heterocycles. The molecule has 0 heterocycles. The molecule has 0 aromatic carbocycles. The monoisotopic (exact) mass is 1860 g/mol. The van der Waals surface area contributed by atoms with Gasteiger partial charge in [-0.3, -0.25) is 0 Å². The van der Waals surface area contributed by atoms with Crippen molar-refractivity contribution in [1.29, 1.82) is 0 Å². The van der Waals surface area contributed by atoms with E-state index in [1.807, 2.05) is 145 Å². The van der Waals surface area contributed by atoms with Crippen molar-refractivity contribution in [3.8, 4) is 0 Å². The van der Waals surface area contributed by atoms with Crippen LogP contribution in [0.2, 0.25) is 0 Å². The summed E-state index contributed by atoms with van der Waals surface area (Å²) < 4.78 is 170. The molecule has 0 aliphatic rings. The fourth-order valence-electron chi connectivity index (χ4n) is 7.22. The van der Waals surface area contributed by atoms with Gasteiger partial charge < -0.3 is 154 Å². The van der Waals surface area contributed by atoms with Gasteiger partial charge in [0.15, 0.2) is 0 Å². The van der Waals surface area contributed by atoms with Gasteiger partial charge in [-0.2, -0.15) is 0 Å². The zero-order valence-electron chi connectivity index (χ0n) is 91.5. The number of hydrogen-bond donors (Lipinski definition) is 0. The van der Waals surface area contributed by atoms with Crippen molar-refractivity contribution in [2.24, 2.45) is 17.8 Å². The normalized spacial score (nSPS) is 11.7. The Bertz CT molecular complexity index is 1760. The third-order valence-corrected chi connectivity index (χ3v) is 13.8. The highest BCUT2D eigenvalue weighted by Crippen LogP contribution is 2.21. The van der Waals surface area contributed by atoms with Gasteiger partial charge in [0.2, 0.25) is 0 Å². The Morgan fingerprint density at radius 1 is 0.195 bits per heavy atom. The average Bonchev–Trinajstić information content (AvgIpc) is 0.868. The zero-order valence-corrected chi connectivity index (χ0v) is 91.5. The highest BCUT2D eigenvalue weighted by molar-refractivity contribution is 6.39. The van der Waals surface area contributed by atoms with Crippen LogP contribution < -0.4 is 0 Å². The van der Waals surface area contributed by atoms with E-state index in [0.29, 0.717) is 77.2 Å². The van der Waals surface area contributed by atoms with Gasteiger partial charge in [0.05, 0.1) is 0 Å². The van der Waals surface area contributed by atoms with Gasteiger partial charge in [-0.25, -0.2) is 0 Å². The highest BCUT2D eigenvalue weighted by Gasteiger charge is 2.37. The Labute approximate surface area is 792 Å². The topological polar surface area (TPSA) is 305 Å². The van der Waals surface area contributed by atoms with E-state index in [4.69, 9.17) is 97.7 Å². The first-order valence-corrected chi connectivity index (χ1v) is 46.8. The molecule has 128 heavy (non-hydrogen) atoms. The lowest BCUT2D eigenvalue weighted by molar-refractivity contribution is -0.0504. The molecule has 0 amide bonds. The van der Waals surface area contributed by atoms with Gasteiger partial charge in [0, 0.05) is 218 Å². The lowest BCUT2D eigenvalue weighted by Gasteiger charge is -2.33. The molecule has 0 N–H and O–H groups in total. The second-order valence-corrected chi connectivity index (χ2v) is 33.1. The molecule has 0 rings (SSSR count). The number of rotatable bonds is 66. The molecule has 33 nitrogen and oxygen atoms in total. The van der Waals surface area contributed by atoms with Crippen molar-refractivity contribution in [1.82, 2.24) is 0 Å². The second kappa shape index (κ2) is 110. The van der Waals surface area contributed by atoms with Crippen LogP contribution >= 0.6 is 0 Å². The first kappa shape index (κ1) is 150. The SMILES string of the molecule is CC(C)(C)OB(OC(C)(C)C)OC(C)(C)C.CC(C)COB(OCC(C)C)OCC(C)C.CC(C)OB(OC(C)C)OC(C)C.CCC(C)OB(OC(C)CC)OC(C)CC.CCCCOB(OCCCC)OCCCC.CCCOB(OCCC)OCCC.CCOB(OCC)OCC.COB(OC)OC.COB(OC)OC.COB(OC)OC.COB(OC)OC. The summed E-state index contributed by atoms with van der Waals surface area (Å²) in [6.07, 6.45) is 13.3. The smallest absolute Gasteiger partial charge is 0.389 e. The lowest BCUT2D eigenvalue weighted by atomic mass is 10.0. The quantitative estimate of drug-likeness (QED) is 0.0403. The van der Waals surface area contributed by atoms with Crippen LogP contribution in [-0.2, 0) is 154 Å². The Balaban J connectivity index is -0.000000132. The largest absolute Gasteiger partial charge is 0.640 e. The van der Waals surface area contributed by atoms with Crippen LogP contribution in [0.4, 0.5) is 0 Å². The number of unbranched alkanes of at least 4 members (excludes halogenated alkanes) is 3. The molecule has 44 heteroatoms. The fourth-order valence-corrected chi connectivity index (χ4v) is 7.22. The molecule has 0 saturated carbocycles. The Morgan fingerprint density at radius 2 is 0.375 bits per heavy atom. The molecule has 3 unspecified atom stereocenters. The fraction of sp³-hybridized carbons (Fsp3) is 1.00. The molecular weight excluding hydrogens is 1660 g/mol. The first-order valence-electron chi connectivity index (χ1n) is 46.8. The van der Waals surface area contributed by atoms with Gasteiger partial charge in [-0.05, 0) is 221 Å². The molecule has 0 fully saturated rings. The van der Waals surface area contributed by atoms with Crippen LogP contribution in [0.1, 0.15) is 326 Å². The third-order valence-electron chi connectivity index (χ3n) is 13.8. The van der Waals surface area contributed by atoms with E-state index < -0.39 is 80.5 Å². The molecule has 0 spiro atoms. The molecule has 0 aromatic rings. The predicted molar refractivity (Wildman–Crippen MR) is 530 cm³/mol. The van der Waals surface area contributed by atoms with Gasteiger partial charge in [0.1, 0.15) is 0 Å².